The number of unbranched alkanes of at least 4 members (excludes halogenated alkanes) is 4. The number of carbonyl (C=O) groups excluding carboxylic acids is 1. The van der Waals surface area contributed by atoms with Gasteiger partial charge >= 0.3 is 0 Å². The van der Waals surface area contributed by atoms with Crippen molar-refractivity contribution in [2.75, 3.05) is 0 Å². The molecule has 0 aliphatic rings. The van der Waals surface area contributed by atoms with Crippen LogP contribution >= 0.6 is 0 Å². The summed E-state index contributed by atoms with van der Waals surface area (Å²) in [4.78, 5) is 12.1. The monoisotopic (exact) mass is 439 g/mol. The molecule has 0 rings (SSSR count). The summed E-state index contributed by atoms with van der Waals surface area (Å²) in [6.45, 7) is 27.3. The molecule has 0 aromatic carbocycles. The Hall–Kier alpha value is -1.05. The highest BCUT2D eigenvalue weighted by Crippen LogP contribution is 2.12. The van der Waals surface area contributed by atoms with E-state index < -0.39 is 0 Å². The Bertz CT molecular complexity index is 382. The molecule has 1 N–H and O–H groups in total. The molecule has 0 heterocycles. The second kappa shape index (κ2) is 31.1. The predicted octanol–water partition coefficient (Wildman–Crippen LogP) is 9.90. The molecule has 2 unspecified atom stereocenters. The Balaban J connectivity index is -0.000000274. The van der Waals surface area contributed by atoms with Gasteiger partial charge in [-0.2, -0.15) is 0 Å². The standard InChI is InChI=1S/C18H33NO.C5H12.C4H10.C2H6/c1-6-9-11-12-15(4)18(20)19-16(5)14-17(8-3)13-10-7-2;1-4-5(2)3;1-3-4-2;1-2/h8,13,15-16H,3,6-7,9-12,14H2,1-2,4-5H3,(H,19,20);5H,4H2,1-3H3;3-4H2,1-2H3;1-2H3/b17-13+;;;. The average molecular weight is 440 g/mol. The van der Waals surface area contributed by atoms with Crippen molar-refractivity contribution in [2.45, 2.75) is 146 Å². The third-order valence-corrected chi connectivity index (χ3v) is 4.89. The zero-order valence-electron chi connectivity index (χ0n) is 23.6. The Kier molecular flexibility index (Phi) is 37.4. The van der Waals surface area contributed by atoms with Gasteiger partial charge in [0.1, 0.15) is 0 Å². The number of hydrogen-bond acceptors (Lipinski definition) is 1. The number of hydrogen-bond donors (Lipinski definition) is 1. The smallest absolute Gasteiger partial charge is 0.223 e. The minimum absolute atomic E-state index is 0.121. The minimum Gasteiger partial charge on any atom is -0.353 e. The molecule has 2 atom stereocenters. The van der Waals surface area contributed by atoms with Crippen LogP contribution < -0.4 is 5.32 Å². The fraction of sp³-hybridized carbons (Fsp3) is 0.828. The summed E-state index contributed by atoms with van der Waals surface area (Å²) in [6, 6.07) is 0.178. The van der Waals surface area contributed by atoms with Gasteiger partial charge in [0.05, 0.1) is 0 Å². The summed E-state index contributed by atoms with van der Waals surface area (Å²) in [5.74, 6) is 1.19. The van der Waals surface area contributed by atoms with Crippen LogP contribution in [0.1, 0.15) is 140 Å². The topological polar surface area (TPSA) is 29.1 Å². The van der Waals surface area contributed by atoms with Crippen molar-refractivity contribution in [1.29, 1.82) is 0 Å². The highest BCUT2D eigenvalue weighted by atomic mass is 16.1. The van der Waals surface area contributed by atoms with Crippen LogP contribution in [0.4, 0.5) is 0 Å². The van der Waals surface area contributed by atoms with Crippen molar-refractivity contribution in [3.05, 3.63) is 24.3 Å². The highest BCUT2D eigenvalue weighted by molar-refractivity contribution is 5.78. The Labute approximate surface area is 198 Å². The predicted molar refractivity (Wildman–Crippen MR) is 146 cm³/mol. The van der Waals surface area contributed by atoms with Crippen LogP contribution in [0.2, 0.25) is 0 Å². The lowest BCUT2D eigenvalue weighted by molar-refractivity contribution is -0.125. The van der Waals surface area contributed by atoms with E-state index in [1.54, 1.807) is 0 Å². The number of allylic oxidation sites excluding steroid dienone is 2. The van der Waals surface area contributed by atoms with Crippen molar-refractivity contribution >= 4 is 5.91 Å². The number of nitrogens with one attached hydrogen (secondary N) is 1. The molecule has 188 valence electrons. The van der Waals surface area contributed by atoms with Crippen LogP contribution in [0.15, 0.2) is 24.3 Å². The average Bonchev–Trinajstić information content (AvgIpc) is 2.78. The van der Waals surface area contributed by atoms with Gasteiger partial charge in [-0.1, -0.05) is 138 Å². The molecule has 31 heavy (non-hydrogen) atoms. The molecule has 0 radical (unpaired) electrons. The number of amides is 1. The first-order valence-corrected chi connectivity index (χ1v) is 13.3. The third-order valence-electron chi connectivity index (χ3n) is 4.89. The molecule has 0 aliphatic carbocycles. The van der Waals surface area contributed by atoms with E-state index >= 15 is 0 Å². The van der Waals surface area contributed by atoms with Gasteiger partial charge in [0, 0.05) is 12.0 Å². The second-order valence-corrected chi connectivity index (χ2v) is 8.58. The van der Waals surface area contributed by atoms with Gasteiger partial charge in [-0.05, 0) is 32.1 Å². The summed E-state index contributed by atoms with van der Waals surface area (Å²) in [7, 11) is 0. The van der Waals surface area contributed by atoms with E-state index in [1.807, 2.05) is 26.8 Å². The molecule has 0 spiro atoms. The first-order valence-electron chi connectivity index (χ1n) is 13.3. The van der Waals surface area contributed by atoms with Crippen LogP contribution in [0.5, 0.6) is 0 Å². The zero-order valence-corrected chi connectivity index (χ0v) is 23.6. The normalized spacial score (nSPS) is 12.2. The van der Waals surface area contributed by atoms with Crippen molar-refractivity contribution in [1.82, 2.24) is 5.32 Å². The van der Waals surface area contributed by atoms with E-state index in [1.165, 1.54) is 37.7 Å². The molecule has 0 aliphatic heterocycles. The lowest BCUT2D eigenvalue weighted by atomic mass is 10.0. The lowest BCUT2D eigenvalue weighted by Crippen LogP contribution is -2.36. The molecular formula is C29H61NO. The van der Waals surface area contributed by atoms with Gasteiger partial charge in [0.15, 0.2) is 0 Å². The van der Waals surface area contributed by atoms with Crippen molar-refractivity contribution in [2.24, 2.45) is 11.8 Å². The highest BCUT2D eigenvalue weighted by Gasteiger charge is 2.15. The van der Waals surface area contributed by atoms with Crippen LogP contribution in [0.3, 0.4) is 0 Å². The van der Waals surface area contributed by atoms with E-state index in [0.717, 1.165) is 38.0 Å². The first-order chi connectivity index (χ1) is 14.7. The zero-order chi connectivity index (χ0) is 25.1. The number of carbonyl (C=O) groups is 1. The Morgan fingerprint density at radius 2 is 1.39 bits per heavy atom. The third kappa shape index (κ3) is 33.8. The molecule has 0 aromatic heterocycles. The van der Waals surface area contributed by atoms with Gasteiger partial charge in [0.2, 0.25) is 5.91 Å². The summed E-state index contributed by atoms with van der Waals surface area (Å²) >= 11 is 0. The molecule has 0 fully saturated rings. The minimum atomic E-state index is 0.121. The molecule has 0 saturated carbocycles. The second-order valence-electron chi connectivity index (χ2n) is 8.58. The van der Waals surface area contributed by atoms with Crippen molar-refractivity contribution in [3.63, 3.8) is 0 Å². The van der Waals surface area contributed by atoms with E-state index in [2.05, 4.69) is 73.4 Å². The van der Waals surface area contributed by atoms with Gasteiger partial charge in [-0.3, -0.25) is 4.79 Å². The van der Waals surface area contributed by atoms with Crippen molar-refractivity contribution < 1.29 is 4.79 Å². The molecule has 0 bridgehead atoms. The number of rotatable bonds is 13. The van der Waals surface area contributed by atoms with Crippen LogP contribution in [0, 0.1) is 11.8 Å². The Morgan fingerprint density at radius 1 is 0.871 bits per heavy atom. The van der Waals surface area contributed by atoms with E-state index in [4.69, 9.17) is 0 Å². The lowest BCUT2D eigenvalue weighted by Gasteiger charge is -2.18. The maximum Gasteiger partial charge on any atom is 0.223 e. The molecular weight excluding hydrogens is 378 g/mol. The fourth-order valence-electron chi connectivity index (χ4n) is 2.20. The molecule has 1 amide bonds. The SMILES string of the molecule is C=C/C(=C\CCC)CC(C)NC(=O)C(C)CCCCC.CC.CCC(C)C.CCCC. The fourth-order valence-corrected chi connectivity index (χ4v) is 2.20. The van der Waals surface area contributed by atoms with Crippen LogP contribution in [0.25, 0.3) is 0 Å². The van der Waals surface area contributed by atoms with Gasteiger partial charge < -0.3 is 5.32 Å². The molecule has 0 saturated heterocycles. The summed E-state index contributed by atoms with van der Waals surface area (Å²) in [6.07, 6.45) is 15.7. The van der Waals surface area contributed by atoms with Crippen LogP contribution in [-0.2, 0) is 4.79 Å². The quantitative estimate of drug-likeness (QED) is 0.224. The van der Waals surface area contributed by atoms with Gasteiger partial charge in [-0.25, -0.2) is 0 Å². The first kappa shape index (κ1) is 37.3. The summed E-state index contributed by atoms with van der Waals surface area (Å²) in [5.41, 5.74) is 1.23. The molecule has 2 nitrogen and oxygen atoms in total. The summed E-state index contributed by atoms with van der Waals surface area (Å²) in [5, 5.41) is 3.12. The Morgan fingerprint density at radius 3 is 1.74 bits per heavy atom. The van der Waals surface area contributed by atoms with Crippen molar-refractivity contribution in [3.8, 4) is 0 Å². The molecule has 0 aromatic rings. The maximum atomic E-state index is 12.1. The van der Waals surface area contributed by atoms with Gasteiger partial charge in [0.25, 0.3) is 0 Å². The van der Waals surface area contributed by atoms with E-state index in [9.17, 15) is 4.79 Å². The van der Waals surface area contributed by atoms with E-state index in [-0.39, 0.29) is 17.9 Å². The van der Waals surface area contributed by atoms with E-state index in [0.29, 0.717) is 0 Å². The molecule has 2 heteroatoms. The summed E-state index contributed by atoms with van der Waals surface area (Å²) < 4.78 is 0. The largest absolute Gasteiger partial charge is 0.353 e. The van der Waals surface area contributed by atoms with Crippen LogP contribution in [-0.4, -0.2) is 11.9 Å². The van der Waals surface area contributed by atoms with Gasteiger partial charge in [-0.15, -0.1) is 0 Å². The maximum absolute atomic E-state index is 12.1.